The van der Waals surface area contributed by atoms with Crippen molar-refractivity contribution in [3.05, 3.63) is 41.0 Å². The Balaban J connectivity index is 1.89. The molecule has 1 fully saturated rings. The minimum atomic E-state index is -0.0352. The van der Waals surface area contributed by atoms with E-state index in [4.69, 9.17) is 11.6 Å². The number of nitrogens with zero attached hydrogens (tertiary/aromatic N) is 3. The van der Waals surface area contributed by atoms with Gasteiger partial charge in [0.15, 0.2) is 0 Å². The number of carbonyl (C=O) groups excluding carboxylic acids is 1. The summed E-state index contributed by atoms with van der Waals surface area (Å²) in [4.78, 5) is 21.1. The zero-order valence-electron chi connectivity index (χ0n) is 12.2. The first-order valence-corrected chi connectivity index (χ1v) is 7.45. The average Bonchev–Trinajstić information content (AvgIpc) is 2.96. The molecule has 1 saturated heterocycles. The summed E-state index contributed by atoms with van der Waals surface area (Å²) in [6.07, 6.45) is 1.00. The highest BCUT2D eigenvalue weighted by atomic mass is 35.5. The number of aromatic nitrogens is 1. The molecule has 110 valence electrons. The second-order valence-electron chi connectivity index (χ2n) is 5.66. The van der Waals surface area contributed by atoms with Crippen LogP contribution < -0.4 is 0 Å². The lowest BCUT2D eigenvalue weighted by atomic mass is 10.2. The van der Waals surface area contributed by atoms with E-state index in [9.17, 15) is 4.79 Å². The summed E-state index contributed by atoms with van der Waals surface area (Å²) in [5, 5.41) is 1.45. The van der Waals surface area contributed by atoms with Gasteiger partial charge in [-0.15, -0.1) is 0 Å². The lowest BCUT2D eigenvalue weighted by Gasteiger charge is -2.20. The van der Waals surface area contributed by atoms with Crippen molar-refractivity contribution in [1.82, 2.24) is 14.8 Å². The first-order chi connectivity index (χ1) is 10.1. The highest BCUT2D eigenvalue weighted by Gasteiger charge is 2.29. The molecule has 2 heterocycles. The Bertz CT molecular complexity index is 686. The molecule has 0 saturated carbocycles. The van der Waals surface area contributed by atoms with Gasteiger partial charge < -0.3 is 9.80 Å². The minimum absolute atomic E-state index is 0.0352. The smallest absolute Gasteiger partial charge is 0.272 e. The Labute approximate surface area is 129 Å². The number of benzene rings is 1. The lowest BCUT2D eigenvalue weighted by molar-refractivity contribution is 0.0777. The van der Waals surface area contributed by atoms with Gasteiger partial charge in [-0.1, -0.05) is 29.8 Å². The Kier molecular flexibility index (Phi) is 3.83. The topological polar surface area (TPSA) is 36.4 Å². The standard InChI is InChI=1S/C16H18ClN3O/c1-19(2)11-7-8-20(10-11)16(21)15-9-13(17)12-5-3-4-6-14(12)18-15/h3-6,9,11H,7-8,10H2,1-2H3. The van der Waals surface area contributed by atoms with Gasteiger partial charge in [0.05, 0.1) is 10.5 Å². The number of hydrogen-bond donors (Lipinski definition) is 0. The van der Waals surface area contributed by atoms with Crippen molar-refractivity contribution in [2.75, 3.05) is 27.2 Å². The van der Waals surface area contributed by atoms with E-state index in [0.29, 0.717) is 16.8 Å². The number of carbonyl (C=O) groups is 1. The molecule has 1 aromatic heterocycles. The van der Waals surface area contributed by atoms with E-state index < -0.39 is 0 Å². The second-order valence-corrected chi connectivity index (χ2v) is 6.07. The molecule has 5 heteroatoms. The van der Waals surface area contributed by atoms with Crippen LogP contribution in [0.15, 0.2) is 30.3 Å². The molecule has 0 aliphatic carbocycles. The van der Waals surface area contributed by atoms with Crippen LogP contribution in [0.4, 0.5) is 0 Å². The van der Waals surface area contributed by atoms with E-state index in [1.807, 2.05) is 43.3 Å². The van der Waals surface area contributed by atoms with Crippen molar-refractivity contribution in [2.45, 2.75) is 12.5 Å². The summed E-state index contributed by atoms with van der Waals surface area (Å²) < 4.78 is 0. The SMILES string of the molecule is CN(C)C1CCN(C(=O)c2cc(Cl)c3ccccc3n2)C1. The van der Waals surface area contributed by atoms with Crippen molar-refractivity contribution >= 4 is 28.4 Å². The van der Waals surface area contributed by atoms with E-state index >= 15 is 0 Å². The molecule has 0 N–H and O–H groups in total. The number of likely N-dealkylation sites (N-methyl/N-ethyl adjacent to an activating group) is 1. The monoisotopic (exact) mass is 303 g/mol. The molecule has 3 rings (SSSR count). The van der Waals surface area contributed by atoms with E-state index in [1.165, 1.54) is 0 Å². The van der Waals surface area contributed by atoms with Crippen molar-refractivity contribution in [3.63, 3.8) is 0 Å². The molecule has 0 radical (unpaired) electrons. The van der Waals surface area contributed by atoms with E-state index in [-0.39, 0.29) is 5.91 Å². The fraction of sp³-hybridized carbons (Fsp3) is 0.375. The molecule has 1 atom stereocenters. The summed E-state index contributed by atoms with van der Waals surface area (Å²) in [5.74, 6) is -0.0352. The van der Waals surface area contributed by atoms with Crippen LogP contribution in [-0.2, 0) is 0 Å². The molecule has 1 aliphatic rings. The number of pyridine rings is 1. The molecule has 21 heavy (non-hydrogen) atoms. The Morgan fingerprint density at radius 2 is 2.14 bits per heavy atom. The number of likely N-dealkylation sites (tertiary alicyclic amines) is 1. The first kappa shape index (κ1) is 14.3. The van der Waals surface area contributed by atoms with Gasteiger partial charge in [0.1, 0.15) is 5.69 Å². The Hall–Kier alpha value is -1.65. The number of fused-ring (bicyclic) bond motifs is 1. The van der Waals surface area contributed by atoms with E-state index in [0.717, 1.165) is 30.4 Å². The third-order valence-electron chi connectivity index (χ3n) is 4.07. The van der Waals surface area contributed by atoms with Crippen LogP contribution in [0.1, 0.15) is 16.9 Å². The van der Waals surface area contributed by atoms with Gasteiger partial charge in [0, 0.05) is 24.5 Å². The molecular formula is C16H18ClN3O. The molecule has 1 aromatic carbocycles. The lowest BCUT2D eigenvalue weighted by Crippen LogP contribution is -2.34. The summed E-state index contributed by atoms with van der Waals surface area (Å²) in [6, 6.07) is 9.71. The van der Waals surface area contributed by atoms with Crippen molar-refractivity contribution in [1.29, 1.82) is 0 Å². The summed E-state index contributed by atoms with van der Waals surface area (Å²) in [5.41, 5.74) is 1.19. The number of para-hydroxylation sites is 1. The number of amides is 1. The predicted molar refractivity (Wildman–Crippen MR) is 84.7 cm³/mol. The summed E-state index contributed by atoms with van der Waals surface area (Å²) in [7, 11) is 4.09. The van der Waals surface area contributed by atoms with Crippen molar-refractivity contribution < 1.29 is 4.79 Å². The van der Waals surface area contributed by atoms with Gasteiger partial charge in [-0.25, -0.2) is 4.98 Å². The quantitative estimate of drug-likeness (QED) is 0.856. The van der Waals surface area contributed by atoms with Gasteiger partial charge in [-0.05, 0) is 32.6 Å². The number of halogens is 1. The normalized spacial score (nSPS) is 18.7. The number of rotatable bonds is 2. The largest absolute Gasteiger partial charge is 0.336 e. The highest BCUT2D eigenvalue weighted by molar-refractivity contribution is 6.35. The van der Waals surface area contributed by atoms with Gasteiger partial charge in [0.25, 0.3) is 5.91 Å². The Morgan fingerprint density at radius 3 is 2.86 bits per heavy atom. The minimum Gasteiger partial charge on any atom is -0.336 e. The zero-order valence-corrected chi connectivity index (χ0v) is 13.0. The molecule has 1 amide bonds. The van der Waals surface area contributed by atoms with Crippen LogP contribution in [0.25, 0.3) is 10.9 Å². The van der Waals surface area contributed by atoms with Crippen LogP contribution in [0.5, 0.6) is 0 Å². The maximum atomic E-state index is 12.6. The van der Waals surface area contributed by atoms with Gasteiger partial charge >= 0.3 is 0 Å². The maximum absolute atomic E-state index is 12.6. The zero-order chi connectivity index (χ0) is 15.0. The fourth-order valence-corrected chi connectivity index (χ4v) is 3.02. The van der Waals surface area contributed by atoms with Crippen LogP contribution in [-0.4, -0.2) is 53.9 Å². The van der Waals surface area contributed by atoms with Crippen LogP contribution >= 0.6 is 11.6 Å². The third kappa shape index (κ3) is 2.74. The highest BCUT2D eigenvalue weighted by Crippen LogP contribution is 2.24. The van der Waals surface area contributed by atoms with E-state index in [1.54, 1.807) is 6.07 Å². The molecule has 4 nitrogen and oxygen atoms in total. The first-order valence-electron chi connectivity index (χ1n) is 7.07. The predicted octanol–water partition coefficient (Wildman–Crippen LogP) is 2.66. The molecule has 1 aliphatic heterocycles. The molecular weight excluding hydrogens is 286 g/mol. The molecule has 2 aromatic rings. The molecule has 0 spiro atoms. The van der Waals surface area contributed by atoms with Crippen LogP contribution in [0.2, 0.25) is 5.02 Å². The van der Waals surface area contributed by atoms with Crippen molar-refractivity contribution in [2.24, 2.45) is 0 Å². The average molecular weight is 304 g/mol. The summed E-state index contributed by atoms with van der Waals surface area (Å²) in [6.45, 7) is 1.52. The van der Waals surface area contributed by atoms with Crippen molar-refractivity contribution in [3.8, 4) is 0 Å². The summed E-state index contributed by atoms with van der Waals surface area (Å²) >= 11 is 6.27. The van der Waals surface area contributed by atoms with Gasteiger partial charge in [-0.2, -0.15) is 0 Å². The molecule has 1 unspecified atom stereocenters. The number of hydrogen-bond acceptors (Lipinski definition) is 3. The third-order valence-corrected chi connectivity index (χ3v) is 4.38. The van der Waals surface area contributed by atoms with Crippen LogP contribution in [0.3, 0.4) is 0 Å². The van der Waals surface area contributed by atoms with Gasteiger partial charge in [-0.3, -0.25) is 4.79 Å². The fourth-order valence-electron chi connectivity index (χ4n) is 2.75. The van der Waals surface area contributed by atoms with Crippen LogP contribution in [0, 0.1) is 0 Å². The Morgan fingerprint density at radius 1 is 1.38 bits per heavy atom. The molecule has 0 bridgehead atoms. The second kappa shape index (κ2) is 5.62. The van der Waals surface area contributed by atoms with E-state index in [2.05, 4.69) is 9.88 Å². The maximum Gasteiger partial charge on any atom is 0.272 e. The van der Waals surface area contributed by atoms with Gasteiger partial charge in [0.2, 0.25) is 0 Å².